The Balaban J connectivity index is 1.10. The lowest BCUT2D eigenvalue weighted by Crippen LogP contribution is -2.28. The van der Waals surface area contributed by atoms with Crippen molar-refractivity contribution in [2.75, 3.05) is 4.90 Å². The summed E-state index contributed by atoms with van der Waals surface area (Å²) in [4.78, 5) is 2.48. The minimum Gasteiger partial charge on any atom is -0.456 e. The molecule has 3 aliphatic carbocycles. The molecule has 11 rings (SSSR count). The topological polar surface area (TPSA) is 16.4 Å². The smallest absolute Gasteiger partial charge is 0.137 e. The Bertz CT molecular complexity index is 2740. The van der Waals surface area contributed by atoms with Crippen LogP contribution in [-0.4, -0.2) is 0 Å². The lowest BCUT2D eigenvalue weighted by molar-refractivity contribution is 0.353. The summed E-state index contributed by atoms with van der Waals surface area (Å²) < 4.78 is 6.46. The molecule has 1 heterocycles. The van der Waals surface area contributed by atoms with E-state index < -0.39 is 0 Å². The van der Waals surface area contributed by atoms with E-state index in [-0.39, 0.29) is 10.8 Å². The molecule has 2 heteroatoms. The van der Waals surface area contributed by atoms with Gasteiger partial charge in [0.05, 0.1) is 11.1 Å². The summed E-state index contributed by atoms with van der Waals surface area (Å²) in [7, 11) is 0. The van der Waals surface area contributed by atoms with Gasteiger partial charge in [-0.15, -0.1) is 0 Å². The van der Waals surface area contributed by atoms with Crippen molar-refractivity contribution in [1.82, 2.24) is 0 Å². The predicted molar refractivity (Wildman–Crippen MR) is 221 cm³/mol. The van der Waals surface area contributed by atoms with Gasteiger partial charge in [0.25, 0.3) is 0 Å². The van der Waals surface area contributed by atoms with Crippen LogP contribution in [0, 0.1) is 0 Å². The molecule has 0 saturated heterocycles. The number of hydrogen-bond donors (Lipinski definition) is 0. The summed E-state index contributed by atoms with van der Waals surface area (Å²) in [6.45, 7) is 4.75. The summed E-state index contributed by atoms with van der Waals surface area (Å²) in [6, 6.07) is 56.4. The maximum Gasteiger partial charge on any atom is 0.137 e. The summed E-state index contributed by atoms with van der Waals surface area (Å²) in [6.07, 6.45) is 6.28. The van der Waals surface area contributed by atoms with Crippen molar-refractivity contribution in [3.63, 3.8) is 0 Å². The largest absolute Gasteiger partial charge is 0.456 e. The first-order chi connectivity index (χ1) is 26.0. The first-order valence-corrected chi connectivity index (χ1v) is 19.3. The summed E-state index contributed by atoms with van der Waals surface area (Å²) >= 11 is 0. The first-order valence-electron chi connectivity index (χ1n) is 19.3. The van der Waals surface area contributed by atoms with Crippen LogP contribution in [0.4, 0.5) is 17.1 Å². The van der Waals surface area contributed by atoms with Crippen LogP contribution < -0.4 is 4.90 Å². The molecule has 0 aliphatic heterocycles. The number of fused-ring (bicyclic) bond motifs is 11. The molecule has 3 aliphatic rings. The van der Waals surface area contributed by atoms with E-state index in [9.17, 15) is 0 Å². The average Bonchev–Trinajstić information content (AvgIpc) is 3.80. The van der Waals surface area contributed by atoms with Gasteiger partial charge in [0.2, 0.25) is 0 Å². The number of anilines is 3. The molecule has 0 bridgehead atoms. The molecule has 2 nitrogen and oxygen atoms in total. The van der Waals surface area contributed by atoms with Crippen LogP contribution in [0.1, 0.15) is 68.2 Å². The van der Waals surface area contributed by atoms with Crippen molar-refractivity contribution in [3.05, 3.63) is 174 Å². The van der Waals surface area contributed by atoms with Gasteiger partial charge in [0.1, 0.15) is 11.2 Å². The standard InChI is InChI=1S/C51H41NO/c1-50(2)42-19-7-4-15-38(42)40-18-12-17-36(49(40)50)33-24-26-34(27-25-33)52(45-21-13-23-47-48(45)41-16-6-9-22-46(41)53-47)35-28-29-39-37-14-5-8-20-43(37)51(44(39)32-35)30-10-3-11-31-51/h4-9,12-29,32H,3,10-11,30-31H2,1-2H3. The van der Waals surface area contributed by atoms with Crippen molar-refractivity contribution >= 4 is 39.0 Å². The van der Waals surface area contributed by atoms with Gasteiger partial charge < -0.3 is 9.32 Å². The normalized spacial score (nSPS) is 16.0. The highest BCUT2D eigenvalue weighted by Crippen LogP contribution is 2.57. The zero-order valence-electron chi connectivity index (χ0n) is 30.3. The number of rotatable bonds is 4. The average molecular weight is 684 g/mol. The number of furan rings is 1. The second-order valence-corrected chi connectivity index (χ2v) is 15.9. The molecule has 1 aromatic heterocycles. The van der Waals surface area contributed by atoms with E-state index in [1.54, 1.807) is 0 Å². The van der Waals surface area contributed by atoms with E-state index in [0.717, 1.165) is 33.3 Å². The fourth-order valence-corrected chi connectivity index (χ4v) is 10.5. The maximum absolute atomic E-state index is 6.46. The monoisotopic (exact) mass is 683 g/mol. The van der Waals surface area contributed by atoms with Crippen molar-refractivity contribution in [1.29, 1.82) is 0 Å². The van der Waals surface area contributed by atoms with Gasteiger partial charge >= 0.3 is 0 Å². The maximum atomic E-state index is 6.46. The van der Waals surface area contributed by atoms with Crippen LogP contribution in [0.5, 0.6) is 0 Å². The Morgan fingerprint density at radius 2 is 1.11 bits per heavy atom. The first kappa shape index (κ1) is 30.7. The molecule has 0 N–H and O–H groups in total. The second kappa shape index (κ2) is 11.3. The Kier molecular flexibility index (Phi) is 6.56. The van der Waals surface area contributed by atoms with E-state index >= 15 is 0 Å². The second-order valence-electron chi connectivity index (χ2n) is 15.9. The molecule has 0 radical (unpaired) electrons. The molecule has 1 fully saturated rings. The number of para-hydroxylation sites is 1. The van der Waals surface area contributed by atoms with Crippen molar-refractivity contribution in [2.24, 2.45) is 0 Å². The molecule has 0 atom stereocenters. The SMILES string of the molecule is CC1(C)c2ccccc2-c2cccc(-c3ccc(N(c4ccc5c(c4)C4(CCCCC4)c4ccccc4-5)c4cccc5oc6ccccc6c45)cc3)c21. The van der Waals surface area contributed by atoms with Crippen LogP contribution in [0.2, 0.25) is 0 Å². The molecule has 7 aromatic carbocycles. The zero-order valence-corrected chi connectivity index (χ0v) is 30.3. The van der Waals surface area contributed by atoms with Crippen molar-refractivity contribution in [3.8, 4) is 33.4 Å². The summed E-state index contributed by atoms with van der Waals surface area (Å²) in [5.41, 5.74) is 19.1. The molecular weight excluding hydrogens is 643 g/mol. The fraction of sp³-hybridized carbons (Fsp3) is 0.176. The molecule has 53 heavy (non-hydrogen) atoms. The molecular formula is C51H41NO. The Labute approximate surface area is 311 Å². The van der Waals surface area contributed by atoms with Crippen LogP contribution >= 0.6 is 0 Å². The fourth-order valence-electron chi connectivity index (χ4n) is 10.5. The van der Waals surface area contributed by atoms with Crippen LogP contribution in [0.15, 0.2) is 156 Å². The van der Waals surface area contributed by atoms with E-state index in [4.69, 9.17) is 4.42 Å². The molecule has 256 valence electrons. The van der Waals surface area contributed by atoms with E-state index in [1.807, 2.05) is 0 Å². The molecule has 0 amide bonds. The Hall–Kier alpha value is -5.86. The van der Waals surface area contributed by atoms with E-state index in [2.05, 4.69) is 170 Å². The van der Waals surface area contributed by atoms with Crippen LogP contribution in [0.25, 0.3) is 55.3 Å². The lowest BCUT2D eigenvalue weighted by Gasteiger charge is -2.36. The molecule has 0 unspecified atom stereocenters. The number of nitrogens with zero attached hydrogens (tertiary/aromatic N) is 1. The van der Waals surface area contributed by atoms with Gasteiger partial charge in [0.15, 0.2) is 0 Å². The quantitative estimate of drug-likeness (QED) is 0.184. The Morgan fingerprint density at radius 3 is 1.94 bits per heavy atom. The van der Waals surface area contributed by atoms with E-state index in [1.165, 1.54) is 93.4 Å². The molecule has 1 spiro atoms. The van der Waals surface area contributed by atoms with Gasteiger partial charge in [-0.3, -0.25) is 0 Å². The van der Waals surface area contributed by atoms with Crippen LogP contribution in [0.3, 0.4) is 0 Å². The van der Waals surface area contributed by atoms with Crippen molar-refractivity contribution in [2.45, 2.75) is 56.8 Å². The van der Waals surface area contributed by atoms with Gasteiger partial charge in [-0.05, 0) is 111 Å². The Morgan fingerprint density at radius 1 is 0.491 bits per heavy atom. The van der Waals surface area contributed by atoms with E-state index in [0.29, 0.717) is 0 Å². The highest BCUT2D eigenvalue weighted by molar-refractivity contribution is 6.13. The minimum absolute atomic E-state index is 0.0716. The molecule has 8 aromatic rings. The highest BCUT2D eigenvalue weighted by atomic mass is 16.3. The third-order valence-corrected chi connectivity index (χ3v) is 12.9. The zero-order chi connectivity index (χ0) is 35.3. The third kappa shape index (κ3) is 4.33. The molecule has 1 saturated carbocycles. The van der Waals surface area contributed by atoms with Gasteiger partial charge in [0, 0.05) is 27.6 Å². The summed E-state index contributed by atoms with van der Waals surface area (Å²) in [5, 5.41) is 2.28. The minimum atomic E-state index is -0.0811. The summed E-state index contributed by atoms with van der Waals surface area (Å²) in [5.74, 6) is 0. The van der Waals surface area contributed by atoms with Crippen molar-refractivity contribution < 1.29 is 4.42 Å². The van der Waals surface area contributed by atoms with Gasteiger partial charge in [-0.1, -0.05) is 142 Å². The number of benzene rings is 7. The highest BCUT2D eigenvalue weighted by Gasteiger charge is 2.44. The lowest BCUT2D eigenvalue weighted by atomic mass is 9.68. The predicted octanol–water partition coefficient (Wildman–Crippen LogP) is 14.3. The van der Waals surface area contributed by atoms with Gasteiger partial charge in [-0.25, -0.2) is 0 Å². The third-order valence-electron chi connectivity index (χ3n) is 12.9. The number of hydrogen-bond acceptors (Lipinski definition) is 2. The van der Waals surface area contributed by atoms with Gasteiger partial charge in [-0.2, -0.15) is 0 Å². The van der Waals surface area contributed by atoms with Crippen LogP contribution in [-0.2, 0) is 10.8 Å².